The highest BCUT2D eigenvalue weighted by Crippen LogP contribution is 2.23. The summed E-state index contributed by atoms with van der Waals surface area (Å²) in [7, 11) is 2.96. The Balaban J connectivity index is 1.79. The van der Waals surface area contributed by atoms with E-state index in [-0.39, 0.29) is 18.4 Å². The number of urea groups is 1. The van der Waals surface area contributed by atoms with E-state index in [2.05, 4.69) is 20.4 Å². The van der Waals surface area contributed by atoms with Crippen LogP contribution in [0.3, 0.4) is 0 Å². The van der Waals surface area contributed by atoms with Gasteiger partial charge in [-0.1, -0.05) is 12.1 Å². The van der Waals surface area contributed by atoms with Crippen molar-refractivity contribution in [1.29, 1.82) is 0 Å². The van der Waals surface area contributed by atoms with E-state index in [4.69, 9.17) is 4.74 Å². The van der Waals surface area contributed by atoms with Crippen LogP contribution in [-0.4, -0.2) is 37.7 Å². The Kier molecular flexibility index (Phi) is 6.76. The average Bonchev–Trinajstić information content (AvgIpc) is 2.94. The second-order valence-electron chi connectivity index (χ2n) is 5.26. The van der Waals surface area contributed by atoms with Gasteiger partial charge in [0.05, 0.1) is 26.3 Å². The van der Waals surface area contributed by atoms with Crippen molar-refractivity contribution in [3.05, 3.63) is 40.4 Å². The maximum atomic E-state index is 11.9. The lowest BCUT2D eigenvalue weighted by Crippen LogP contribution is -2.30. The van der Waals surface area contributed by atoms with Gasteiger partial charge in [0, 0.05) is 11.4 Å². The van der Waals surface area contributed by atoms with Crippen molar-refractivity contribution in [2.75, 3.05) is 26.1 Å². The van der Waals surface area contributed by atoms with Crippen molar-refractivity contribution in [2.24, 2.45) is 0 Å². The van der Waals surface area contributed by atoms with E-state index in [1.165, 1.54) is 18.4 Å². The summed E-state index contributed by atoms with van der Waals surface area (Å²) in [6.45, 7) is 2.29. The van der Waals surface area contributed by atoms with E-state index in [1.54, 1.807) is 14.0 Å². The lowest BCUT2D eigenvalue weighted by Gasteiger charge is -2.06. The molecule has 0 spiro atoms. The van der Waals surface area contributed by atoms with Crippen molar-refractivity contribution < 1.29 is 19.1 Å². The van der Waals surface area contributed by atoms with Crippen LogP contribution in [0.4, 0.5) is 9.93 Å². The van der Waals surface area contributed by atoms with E-state index < -0.39 is 0 Å². The molecule has 1 heterocycles. The molecule has 1 aromatic carbocycles. The Morgan fingerprint density at radius 3 is 2.56 bits per heavy atom. The van der Waals surface area contributed by atoms with E-state index in [0.29, 0.717) is 23.8 Å². The number of hydrogen-bond acceptors (Lipinski definition) is 6. The summed E-state index contributed by atoms with van der Waals surface area (Å²) in [5.74, 6) is 0.471. The molecule has 0 aliphatic heterocycles. The number of rotatable bonds is 7. The fraction of sp³-hybridized carbons (Fsp3) is 0.353. The molecule has 2 amide bonds. The number of nitrogens with one attached hydrogen (secondary N) is 2. The van der Waals surface area contributed by atoms with Crippen molar-refractivity contribution in [3.8, 4) is 5.75 Å². The third kappa shape index (κ3) is 5.75. The van der Waals surface area contributed by atoms with Crippen LogP contribution < -0.4 is 15.4 Å². The summed E-state index contributed by atoms with van der Waals surface area (Å²) in [5.41, 5.74) is 1.82. The zero-order valence-corrected chi connectivity index (χ0v) is 15.2. The highest BCUT2D eigenvalue weighted by molar-refractivity contribution is 7.16. The monoisotopic (exact) mass is 363 g/mol. The van der Waals surface area contributed by atoms with Gasteiger partial charge in [-0.25, -0.2) is 9.78 Å². The number of aromatic nitrogens is 1. The number of hydrogen-bond donors (Lipinski definition) is 2. The maximum Gasteiger partial charge on any atom is 0.321 e. The number of aryl methyl sites for hydroxylation is 1. The molecular formula is C17H21N3O4S. The van der Waals surface area contributed by atoms with E-state index in [0.717, 1.165) is 16.2 Å². The number of anilines is 1. The minimum Gasteiger partial charge on any atom is -0.497 e. The number of carbonyl (C=O) groups is 2. The Morgan fingerprint density at radius 1 is 1.20 bits per heavy atom. The van der Waals surface area contributed by atoms with E-state index in [9.17, 15) is 9.59 Å². The zero-order chi connectivity index (χ0) is 18.2. The third-order valence-corrected chi connectivity index (χ3v) is 4.58. The molecule has 7 nitrogen and oxygen atoms in total. The molecule has 0 aliphatic rings. The number of carbonyl (C=O) groups excluding carboxylic acids is 2. The van der Waals surface area contributed by atoms with Gasteiger partial charge in [-0.2, -0.15) is 0 Å². The Labute approximate surface area is 150 Å². The van der Waals surface area contributed by atoms with Crippen molar-refractivity contribution >= 4 is 28.5 Å². The standard InChI is InChI=1S/C17H21N3O4S/c1-11-14(10-15(21)24-3)25-17(19-11)20-16(22)18-9-8-12-4-6-13(23-2)7-5-12/h4-7H,8-10H2,1-3H3,(H2,18,19,20,22). The molecule has 25 heavy (non-hydrogen) atoms. The quantitative estimate of drug-likeness (QED) is 0.738. The summed E-state index contributed by atoms with van der Waals surface area (Å²) >= 11 is 1.27. The fourth-order valence-corrected chi connectivity index (χ4v) is 3.05. The number of esters is 1. The Bertz CT molecular complexity index is 728. The van der Waals surface area contributed by atoms with Crippen LogP contribution in [0, 0.1) is 6.92 Å². The Hall–Kier alpha value is -2.61. The number of benzene rings is 1. The van der Waals surface area contributed by atoms with E-state index >= 15 is 0 Å². The first-order chi connectivity index (χ1) is 12.0. The number of nitrogens with zero attached hydrogens (tertiary/aromatic N) is 1. The number of thiazole rings is 1. The minimum absolute atomic E-state index is 0.154. The second kappa shape index (κ2) is 9.03. The maximum absolute atomic E-state index is 11.9. The number of methoxy groups -OCH3 is 2. The Morgan fingerprint density at radius 2 is 1.92 bits per heavy atom. The topological polar surface area (TPSA) is 89.5 Å². The second-order valence-corrected chi connectivity index (χ2v) is 6.34. The molecule has 8 heteroatoms. The smallest absolute Gasteiger partial charge is 0.321 e. The molecule has 0 saturated heterocycles. The zero-order valence-electron chi connectivity index (χ0n) is 14.4. The van der Waals surface area contributed by atoms with Crippen LogP contribution in [-0.2, 0) is 22.4 Å². The molecule has 0 saturated carbocycles. The van der Waals surface area contributed by atoms with Crippen molar-refractivity contribution in [3.63, 3.8) is 0 Å². The predicted octanol–water partition coefficient (Wildman–Crippen LogP) is 2.54. The largest absolute Gasteiger partial charge is 0.497 e. The minimum atomic E-state index is -0.331. The van der Waals surface area contributed by atoms with Gasteiger partial charge in [0.2, 0.25) is 0 Å². The first-order valence-electron chi connectivity index (χ1n) is 7.72. The molecular weight excluding hydrogens is 342 g/mol. The van der Waals surface area contributed by atoms with Gasteiger partial charge in [0.15, 0.2) is 5.13 Å². The van der Waals surface area contributed by atoms with Crippen LogP contribution in [0.2, 0.25) is 0 Å². The molecule has 0 radical (unpaired) electrons. The van der Waals surface area contributed by atoms with Gasteiger partial charge < -0.3 is 14.8 Å². The molecule has 1 aromatic heterocycles. The summed E-state index contributed by atoms with van der Waals surface area (Å²) in [6.07, 6.45) is 0.864. The summed E-state index contributed by atoms with van der Waals surface area (Å²) in [5, 5.41) is 5.92. The van der Waals surface area contributed by atoms with Crippen molar-refractivity contribution in [2.45, 2.75) is 19.8 Å². The van der Waals surface area contributed by atoms with Crippen LogP contribution >= 0.6 is 11.3 Å². The van der Waals surface area contributed by atoms with Gasteiger partial charge in [0.25, 0.3) is 0 Å². The van der Waals surface area contributed by atoms with Crippen LogP contribution in [0.15, 0.2) is 24.3 Å². The molecule has 2 N–H and O–H groups in total. The molecule has 2 rings (SSSR count). The van der Waals surface area contributed by atoms with Gasteiger partial charge in [-0.05, 0) is 31.0 Å². The van der Waals surface area contributed by atoms with Crippen molar-refractivity contribution in [1.82, 2.24) is 10.3 Å². The first kappa shape index (κ1) is 18.7. The highest BCUT2D eigenvalue weighted by Gasteiger charge is 2.13. The van der Waals surface area contributed by atoms with Crippen LogP contribution in [0.1, 0.15) is 16.1 Å². The number of ether oxygens (including phenoxy) is 2. The van der Waals surface area contributed by atoms with E-state index in [1.807, 2.05) is 24.3 Å². The van der Waals surface area contributed by atoms with Gasteiger partial charge in [-0.3, -0.25) is 10.1 Å². The highest BCUT2D eigenvalue weighted by atomic mass is 32.1. The molecule has 0 bridgehead atoms. The summed E-state index contributed by atoms with van der Waals surface area (Å²) < 4.78 is 9.75. The molecule has 0 aliphatic carbocycles. The van der Waals surface area contributed by atoms with Gasteiger partial charge in [-0.15, -0.1) is 11.3 Å². The third-order valence-electron chi connectivity index (χ3n) is 3.50. The average molecular weight is 363 g/mol. The lowest BCUT2D eigenvalue weighted by atomic mass is 10.1. The normalized spacial score (nSPS) is 10.2. The molecule has 0 unspecified atom stereocenters. The first-order valence-corrected chi connectivity index (χ1v) is 8.54. The lowest BCUT2D eigenvalue weighted by molar-refractivity contribution is -0.139. The summed E-state index contributed by atoms with van der Waals surface area (Å²) in [6, 6.07) is 7.36. The predicted molar refractivity (Wildman–Crippen MR) is 96.3 cm³/mol. The van der Waals surface area contributed by atoms with Crippen LogP contribution in [0.25, 0.3) is 0 Å². The van der Waals surface area contributed by atoms with Crippen LogP contribution in [0.5, 0.6) is 5.75 Å². The molecule has 0 fully saturated rings. The SMILES string of the molecule is COC(=O)Cc1sc(NC(=O)NCCc2ccc(OC)cc2)nc1C. The fourth-order valence-electron chi connectivity index (χ4n) is 2.10. The molecule has 134 valence electrons. The summed E-state index contributed by atoms with van der Waals surface area (Å²) in [4.78, 5) is 28.3. The molecule has 2 aromatic rings. The number of amides is 2. The van der Waals surface area contributed by atoms with Gasteiger partial charge in [0.1, 0.15) is 5.75 Å². The van der Waals surface area contributed by atoms with Gasteiger partial charge >= 0.3 is 12.0 Å². The molecule has 0 atom stereocenters.